The second-order valence-electron chi connectivity index (χ2n) is 7.11. The van der Waals surface area contributed by atoms with E-state index in [-0.39, 0.29) is 24.5 Å². The van der Waals surface area contributed by atoms with Crippen LogP contribution in [0.3, 0.4) is 0 Å². The number of hydroxylamine groups is 1. The van der Waals surface area contributed by atoms with Crippen LogP contribution in [0.15, 0.2) is 18.3 Å². The van der Waals surface area contributed by atoms with E-state index in [2.05, 4.69) is 26.7 Å². The molecule has 3 rings (SSSR count). The van der Waals surface area contributed by atoms with Gasteiger partial charge in [-0.2, -0.15) is 5.26 Å². The molecule has 9 nitrogen and oxygen atoms in total. The van der Waals surface area contributed by atoms with Gasteiger partial charge in [0, 0.05) is 50.0 Å². The van der Waals surface area contributed by atoms with Crippen LogP contribution in [0.1, 0.15) is 12.8 Å². The van der Waals surface area contributed by atoms with Crippen molar-refractivity contribution in [2.24, 2.45) is 0 Å². The number of likely N-dealkylation sites (tertiary alicyclic amines) is 1. The quantitative estimate of drug-likeness (QED) is 0.580. The number of hydrazine groups is 1. The molecule has 2 fully saturated rings. The van der Waals surface area contributed by atoms with Gasteiger partial charge in [-0.1, -0.05) is 11.6 Å². The minimum Gasteiger partial charge on any atom is -0.771 e. The molecule has 2 N–H and O–H groups in total. The lowest BCUT2D eigenvalue weighted by Gasteiger charge is -2.42. The van der Waals surface area contributed by atoms with Crippen LogP contribution in [-0.4, -0.2) is 82.3 Å². The van der Waals surface area contributed by atoms with Crippen LogP contribution in [0.4, 0.5) is 5.82 Å². The van der Waals surface area contributed by atoms with Gasteiger partial charge in [-0.15, -0.1) is 11.8 Å². The lowest BCUT2D eigenvalue weighted by molar-refractivity contribution is -0.117. The van der Waals surface area contributed by atoms with Crippen molar-refractivity contribution in [3.8, 4) is 6.07 Å². The summed E-state index contributed by atoms with van der Waals surface area (Å²) in [6, 6.07) is 5.47. The van der Waals surface area contributed by atoms with E-state index >= 15 is 0 Å². The number of thioether (sulfide) groups is 1. The molecule has 2 saturated heterocycles. The largest absolute Gasteiger partial charge is 0.771 e. The van der Waals surface area contributed by atoms with Gasteiger partial charge in [0.2, 0.25) is 5.91 Å². The number of halogens is 1. The van der Waals surface area contributed by atoms with Gasteiger partial charge in [-0.25, -0.2) is 4.98 Å². The summed E-state index contributed by atoms with van der Waals surface area (Å²) in [5.41, 5.74) is 2.92. The molecule has 2 aliphatic rings. The molecule has 3 heterocycles. The molecule has 11 heteroatoms. The number of amides is 1. The number of carbonyl (C=O) groups is 1. The Morgan fingerprint density at radius 3 is 2.93 bits per heavy atom. The van der Waals surface area contributed by atoms with Crippen molar-refractivity contribution in [2.45, 2.75) is 24.9 Å². The van der Waals surface area contributed by atoms with Crippen LogP contribution >= 0.6 is 23.4 Å². The molecular formula is C18H25ClN7O2S-. The van der Waals surface area contributed by atoms with Gasteiger partial charge in [0.1, 0.15) is 11.9 Å². The van der Waals surface area contributed by atoms with E-state index in [0.717, 1.165) is 16.8 Å². The molecule has 1 aromatic heterocycles. The van der Waals surface area contributed by atoms with Crippen molar-refractivity contribution in [1.29, 1.82) is 5.26 Å². The first-order chi connectivity index (χ1) is 14.0. The van der Waals surface area contributed by atoms with Crippen molar-refractivity contribution in [1.82, 2.24) is 25.4 Å². The van der Waals surface area contributed by atoms with E-state index in [0.29, 0.717) is 49.9 Å². The zero-order valence-corrected chi connectivity index (χ0v) is 17.7. The number of nitrogens with one attached hydrogen (secondary N) is 2. The van der Waals surface area contributed by atoms with Crippen LogP contribution in [-0.2, 0) is 4.79 Å². The highest BCUT2D eigenvalue weighted by atomic mass is 35.5. The molecule has 1 amide bonds. The van der Waals surface area contributed by atoms with Crippen LogP contribution in [0.5, 0.6) is 0 Å². The summed E-state index contributed by atoms with van der Waals surface area (Å²) in [5, 5.41) is 25.6. The molecule has 0 aliphatic carbocycles. The summed E-state index contributed by atoms with van der Waals surface area (Å²) in [7, 11) is 0. The average Bonchev–Trinajstić information content (AvgIpc) is 3.17. The fourth-order valence-corrected chi connectivity index (χ4v) is 4.67. The van der Waals surface area contributed by atoms with Crippen LogP contribution in [0.25, 0.3) is 0 Å². The maximum absolute atomic E-state index is 12.3. The Kier molecular flexibility index (Phi) is 8.50. The number of piperidine rings is 1. The van der Waals surface area contributed by atoms with Crippen molar-refractivity contribution >= 4 is 35.1 Å². The molecule has 29 heavy (non-hydrogen) atoms. The molecule has 0 spiro atoms. The van der Waals surface area contributed by atoms with Gasteiger partial charge in [-0.3, -0.25) is 20.0 Å². The van der Waals surface area contributed by atoms with Gasteiger partial charge in [0.15, 0.2) is 0 Å². The summed E-state index contributed by atoms with van der Waals surface area (Å²) in [4.78, 5) is 20.3. The van der Waals surface area contributed by atoms with Crippen molar-refractivity contribution in [3.63, 3.8) is 0 Å². The Labute approximate surface area is 179 Å². The normalized spacial score (nSPS) is 21.4. The molecule has 2 aliphatic heterocycles. The number of carbonyl (C=O) groups excluding carboxylic acids is 1. The Balaban J connectivity index is 1.32. The topological polar surface area (TPSA) is 111 Å². The summed E-state index contributed by atoms with van der Waals surface area (Å²) in [5.74, 6) is 2.01. The number of nitrogens with zero attached hydrogens (tertiary/aromatic N) is 5. The minimum absolute atomic E-state index is 0.0561. The number of aromatic nitrogens is 1. The van der Waals surface area contributed by atoms with E-state index in [1.165, 1.54) is 6.20 Å². The van der Waals surface area contributed by atoms with E-state index in [1.54, 1.807) is 23.9 Å². The second kappa shape index (κ2) is 11.1. The Morgan fingerprint density at radius 1 is 1.45 bits per heavy atom. The maximum atomic E-state index is 12.3. The maximum Gasteiger partial charge on any atom is 0.239 e. The first kappa shape index (κ1) is 22.2. The molecule has 0 aromatic carbocycles. The zero-order chi connectivity index (χ0) is 20.6. The van der Waals surface area contributed by atoms with E-state index in [4.69, 9.17) is 16.9 Å². The number of nitriles is 1. The molecule has 158 valence electrons. The number of pyridine rings is 1. The van der Waals surface area contributed by atoms with Crippen molar-refractivity contribution in [3.05, 3.63) is 28.6 Å². The van der Waals surface area contributed by atoms with Crippen LogP contribution in [0.2, 0.25) is 5.02 Å². The highest BCUT2D eigenvalue weighted by Gasteiger charge is 2.25. The highest BCUT2D eigenvalue weighted by Crippen LogP contribution is 2.19. The zero-order valence-electron chi connectivity index (χ0n) is 16.1. The number of hydrogen-bond acceptors (Lipinski definition) is 9. The van der Waals surface area contributed by atoms with Gasteiger partial charge in [0.25, 0.3) is 0 Å². The average molecular weight is 439 g/mol. The molecule has 0 saturated carbocycles. The minimum atomic E-state index is -0.133. The third kappa shape index (κ3) is 6.79. The molecule has 1 aromatic rings. The Bertz CT molecular complexity index is 709. The molecular weight excluding hydrogens is 414 g/mol. The number of anilines is 1. The van der Waals surface area contributed by atoms with Gasteiger partial charge in [0.05, 0.1) is 17.6 Å². The SMILES string of the molecule is N#CC1CSCN1CCNN([O-])C1CCN(CC(=O)Nc2ccc(Cl)cn2)CC1. The van der Waals surface area contributed by atoms with Gasteiger partial charge in [-0.05, 0) is 25.0 Å². The van der Waals surface area contributed by atoms with Gasteiger partial charge < -0.3 is 15.7 Å². The highest BCUT2D eigenvalue weighted by molar-refractivity contribution is 7.99. The first-order valence-corrected chi connectivity index (χ1v) is 11.1. The lowest BCUT2D eigenvalue weighted by atomic mass is 10.1. The standard InChI is InChI=1S/C18H25ClN7O2S/c19-14-1-2-17(21-10-14)23-18(27)11-24-6-3-15(4-7-24)26(28)22-5-8-25-13-29-12-16(25)9-20/h1-2,10,15-16,22H,3-8,11-13H2,(H,21,23,27)/q-1. The molecule has 0 bridgehead atoms. The number of rotatable bonds is 8. The summed E-state index contributed by atoms with van der Waals surface area (Å²) < 4.78 is 0. The summed E-state index contributed by atoms with van der Waals surface area (Å²) >= 11 is 7.53. The summed E-state index contributed by atoms with van der Waals surface area (Å²) in [6.45, 7) is 2.85. The number of hydrogen-bond donors (Lipinski definition) is 2. The fourth-order valence-electron chi connectivity index (χ4n) is 3.40. The third-order valence-corrected chi connectivity index (χ3v) is 6.33. The predicted molar refractivity (Wildman–Crippen MR) is 114 cm³/mol. The molecule has 1 atom stereocenters. The smallest absolute Gasteiger partial charge is 0.239 e. The first-order valence-electron chi connectivity index (χ1n) is 9.60. The molecule has 0 radical (unpaired) electrons. The van der Waals surface area contributed by atoms with Crippen LogP contribution < -0.4 is 10.7 Å². The van der Waals surface area contributed by atoms with Crippen LogP contribution in [0, 0.1) is 16.5 Å². The Morgan fingerprint density at radius 2 is 2.24 bits per heavy atom. The fraction of sp³-hybridized carbons (Fsp3) is 0.611. The van der Waals surface area contributed by atoms with Gasteiger partial charge >= 0.3 is 0 Å². The summed E-state index contributed by atoms with van der Waals surface area (Å²) in [6.07, 6.45) is 2.88. The lowest BCUT2D eigenvalue weighted by Crippen LogP contribution is -2.50. The Hall–Kier alpha value is -1.45. The van der Waals surface area contributed by atoms with Crippen molar-refractivity contribution < 1.29 is 4.79 Å². The monoisotopic (exact) mass is 438 g/mol. The van der Waals surface area contributed by atoms with E-state index in [9.17, 15) is 10.0 Å². The van der Waals surface area contributed by atoms with E-state index < -0.39 is 0 Å². The molecule has 1 unspecified atom stereocenters. The third-order valence-electron chi connectivity index (χ3n) is 5.04. The second-order valence-corrected chi connectivity index (χ2v) is 8.54. The van der Waals surface area contributed by atoms with E-state index in [1.807, 2.05) is 4.90 Å². The predicted octanol–water partition coefficient (Wildman–Crippen LogP) is 1.34. The van der Waals surface area contributed by atoms with Crippen molar-refractivity contribution in [2.75, 3.05) is 49.7 Å².